The molecule has 0 spiro atoms. The Hall–Kier alpha value is -7.92. The van der Waals surface area contributed by atoms with Crippen LogP contribution in [-0.2, 0) is 39.5 Å². The maximum atomic E-state index is 16.4. The first kappa shape index (κ1) is 57.4. The second-order valence-electron chi connectivity index (χ2n) is 18.1. The molecule has 3 aromatic heterocycles. The number of rotatable bonds is 28. The topological polar surface area (TPSA) is 327 Å². The molecular weight excluding hydrogens is 983 g/mol. The van der Waals surface area contributed by atoms with Crippen LogP contribution >= 0.6 is 0 Å². The Morgan fingerprint density at radius 2 is 0.737 bits per heavy atom. The van der Waals surface area contributed by atoms with Gasteiger partial charge in [-0.05, 0) is 36.0 Å². The average Bonchev–Trinajstić information content (AvgIpc) is 3.61. The molecule has 6 rings (SSSR count). The van der Waals surface area contributed by atoms with Gasteiger partial charge in [0.2, 0.25) is 33.6 Å². The summed E-state index contributed by atoms with van der Waals surface area (Å²) < 4.78 is 21.5. The van der Waals surface area contributed by atoms with E-state index in [9.17, 15) is 29.7 Å². The summed E-state index contributed by atoms with van der Waals surface area (Å²) in [6.45, 7) is -0.627. The van der Waals surface area contributed by atoms with Crippen LogP contribution in [0.2, 0.25) is 0 Å². The molecule has 0 fully saturated rings. The molecule has 3 aromatic carbocycles. The predicted molar refractivity (Wildman–Crippen MR) is 280 cm³/mol. The largest absolute Gasteiger partial charge is 0.483 e. The fraction of sp³-hybridized carbons (Fsp3) is 0.345. The Bertz CT molecular complexity index is 2890. The van der Waals surface area contributed by atoms with Crippen molar-refractivity contribution in [3.63, 3.8) is 0 Å². The van der Waals surface area contributed by atoms with E-state index in [0.29, 0.717) is 16.7 Å². The Balaban J connectivity index is 1.78. The van der Waals surface area contributed by atoms with Crippen LogP contribution < -0.4 is 47.7 Å². The van der Waals surface area contributed by atoms with Gasteiger partial charge in [-0.2, -0.15) is 0 Å². The molecule has 0 aliphatic carbocycles. The Morgan fingerprint density at radius 3 is 0.947 bits per heavy atom. The van der Waals surface area contributed by atoms with Gasteiger partial charge >= 0.3 is 0 Å². The number of carbonyl (C=O) groups is 3. The first-order valence-corrected chi connectivity index (χ1v) is 24.6. The van der Waals surface area contributed by atoms with E-state index in [1.807, 2.05) is 0 Å². The molecule has 76 heavy (non-hydrogen) atoms. The zero-order valence-corrected chi connectivity index (χ0v) is 42.5. The van der Waals surface area contributed by atoms with E-state index < -0.39 is 154 Å². The third-order valence-corrected chi connectivity index (χ3v) is 13.8. The summed E-state index contributed by atoms with van der Waals surface area (Å²) >= 11 is 0. The van der Waals surface area contributed by atoms with Crippen LogP contribution in [-0.4, -0.2) is 93.3 Å². The molecule has 3 heterocycles. The van der Waals surface area contributed by atoms with E-state index in [1.165, 1.54) is 20.8 Å². The van der Waals surface area contributed by atoms with Gasteiger partial charge in [-0.25, -0.2) is 0 Å². The van der Waals surface area contributed by atoms with Gasteiger partial charge in [0.1, 0.15) is 36.9 Å². The normalized spacial score (nSPS) is 14.5. The number of carbonyl (C=O) groups excluding carboxylic acids is 3. The van der Waals surface area contributed by atoms with Gasteiger partial charge < -0.3 is 60.4 Å². The van der Waals surface area contributed by atoms with Crippen molar-refractivity contribution in [3.8, 4) is 17.2 Å². The number of pyridine rings is 3. The first-order chi connectivity index (χ1) is 36.4. The molecule has 0 aliphatic heterocycles. The number of aliphatic hydroxyl groups is 3. The lowest BCUT2D eigenvalue weighted by molar-refractivity contribution is -0.597. The second kappa shape index (κ2) is 24.6. The highest BCUT2D eigenvalue weighted by atomic mass is 16.6. The molecule has 0 radical (unpaired) electrons. The molecule has 3 unspecified atom stereocenters. The number of nitro groups is 1. The summed E-state index contributed by atoms with van der Waals surface area (Å²) in [5, 5.41) is 46.5. The number of nitrogens with zero attached hydrogens (tertiary/aromatic N) is 4. The first-order valence-electron chi connectivity index (χ1n) is 24.6. The number of ether oxygens (including phenoxy) is 3. The van der Waals surface area contributed by atoms with Crippen molar-refractivity contribution in [1.29, 1.82) is 0 Å². The van der Waals surface area contributed by atoms with Gasteiger partial charge in [0.15, 0.2) is 33.9 Å². The number of hydrogen-bond acceptors (Lipinski definition) is 17. The van der Waals surface area contributed by atoms with Gasteiger partial charge in [-0.15, -0.1) is 0 Å². The maximum Gasteiger partial charge on any atom is 0.297 e. The number of ketones is 3. The number of aromatic nitrogens is 3. The van der Waals surface area contributed by atoms with Gasteiger partial charge in [-0.1, -0.05) is 112 Å². The fourth-order valence-corrected chi connectivity index (χ4v) is 9.91. The Kier molecular flexibility index (Phi) is 18.6. The maximum absolute atomic E-state index is 16.4. The molecule has 21 heteroatoms. The summed E-state index contributed by atoms with van der Waals surface area (Å²) in [7, 11) is 0. The summed E-state index contributed by atoms with van der Waals surface area (Å²) in [6, 6.07) is 28.4. The lowest BCUT2D eigenvalue weighted by Gasteiger charge is -2.55. The molecule has 0 amide bonds. The zero-order valence-electron chi connectivity index (χ0n) is 42.5. The molecule has 0 aliphatic rings. The summed E-state index contributed by atoms with van der Waals surface area (Å²) in [4.78, 5) is 105. The highest BCUT2D eigenvalue weighted by Gasteiger charge is 2.84. The summed E-state index contributed by atoms with van der Waals surface area (Å²) in [5.41, 5.74) is 5.26. The van der Waals surface area contributed by atoms with Crippen LogP contribution in [0, 0.1) is 10.1 Å². The lowest BCUT2D eigenvalue weighted by atomic mass is 9.49. The van der Waals surface area contributed by atoms with Crippen LogP contribution in [0.4, 0.5) is 0 Å². The van der Waals surface area contributed by atoms with E-state index in [2.05, 4.69) is 0 Å². The molecule has 0 bridgehead atoms. The number of nitrogens with two attached hydrogens (primary N) is 3. The summed E-state index contributed by atoms with van der Waals surface area (Å²) in [5.74, 6) is -6.57. The molecule has 402 valence electrons. The van der Waals surface area contributed by atoms with Gasteiger partial charge in [0, 0.05) is 61.3 Å². The standard InChI is InChI=1S/C55H63N7O14/c1-4-52(56,49(69)43-46(40(66)22-25-59(43)28-31-63)74-34-37-16-10-7-11-17-37)55(62(72)73,53(57,5-2)50(70)44-47(41(67)23-26-60(44)29-32-64)75-35-38-18-12-8-13-19-38)54(58,6-3)51(71)45-48(42(68)24-27-61(45)30-33-65)76-36-39-20-14-9-15-21-39/h7-27,63-65H,4-6,28-36,56-58H2,1-3H3. The number of hydrogen-bond donors (Lipinski definition) is 6. The quantitative estimate of drug-likeness (QED) is 0.0233. The molecule has 0 saturated carbocycles. The second-order valence-corrected chi connectivity index (χ2v) is 18.1. The van der Waals surface area contributed by atoms with E-state index in [4.69, 9.17) is 31.4 Å². The van der Waals surface area contributed by atoms with Crippen molar-refractivity contribution in [2.75, 3.05) is 19.8 Å². The Morgan fingerprint density at radius 1 is 0.487 bits per heavy atom. The smallest absolute Gasteiger partial charge is 0.297 e. The monoisotopic (exact) mass is 1050 g/mol. The van der Waals surface area contributed by atoms with Crippen LogP contribution in [0.25, 0.3) is 0 Å². The predicted octanol–water partition coefficient (Wildman–Crippen LogP) is 3.17. The molecule has 9 N–H and O–H groups in total. The van der Waals surface area contributed by atoms with Crippen LogP contribution in [0.1, 0.15) is 88.2 Å². The van der Waals surface area contributed by atoms with Crippen molar-refractivity contribution in [3.05, 3.63) is 202 Å². The van der Waals surface area contributed by atoms with Crippen LogP contribution in [0.3, 0.4) is 0 Å². The van der Waals surface area contributed by atoms with Crippen molar-refractivity contribution in [2.24, 2.45) is 17.2 Å². The minimum absolute atomic E-state index is 0.337. The van der Waals surface area contributed by atoms with E-state index in [-0.39, 0.29) is 19.8 Å². The number of Topliss-reactive ketones (excluding diaryl/α,β-unsaturated/α-hetero) is 3. The third kappa shape index (κ3) is 10.5. The summed E-state index contributed by atoms with van der Waals surface area (Å²) in [6.07, 6.45) is 0.682. The van der Waals surface area contributed by atoms with E-state index in [1.54, 1.807) is 91.0 Å². The van der Waals surface area contributed by atoms with Crippen LogP contribution in [0.15, 0.2) is 142 Å². The molecule has 0 saturated heterocycles. The van der Waals surface area contributed by atoms with Gasteiger partial charge in [0.05, 0.1) is 19.8 Å². The number of aliphatic hydroxyl groups excluding tert-OH is 3. The zero-order chi connectivity index (χ0) is 55.4. The van der Waals surface area contributed by atoms with E-state index >= 15 is 24.5 Å². The van der Waals surface area contributed by atoms with Crippen LogP contribution in [0.5, 0.6) is 17.2 Å². The molecule has 3 atom stereocenters. The van der Waals surface area contributed by atoms with Crippen molar-refractivity contribution >= 4 is 17.3 Å². The molecular formula is C55H63N7O14. The van der Waals surface area contributed by atoms with Crippen molar-refractivity contribution in [2.45, 2.75) is 102 Å². The molecule has 6 aromatic rings. The average molecular weight is 1050 g/mol. The lowest BCUT2D eigenvalue weighted by Crippen LogP contribution is -2.92. The minimum atomic E-state index is -3.89. The van der Waals surface area contributed by atoms with E-state index in [0.717, 1.165) is 50.5 Å². The highest BCUT2D eigenvalue weighted by molar-refractivity contribution is 6.13. The number of benzene rings is 3. The minimum Gasteiger partial charge on any atom is -0.483 e. The van der Waals surface area contributed by atoms with Gasteiger partial charge in [0.25, 0.3) is 5.54 Å². The Labute approximate surface area is 436 Å². The SMILES string of the molecule is CCC(N)(C(=O)c1c(OCc2ccccc2)c(=O)ccn1CCO)C([N+](=O)[O-])(C(N)(CC)C(=O)c1c(OCc2ccccc2)c(=O)ccn1CCO)C(N)(CC)C(=O)c1c(OCc2ccccc2)c(=O)ccn1CCO. The fourth-order valence-electron chi connectivity index (χ4n) is 9.91. The van der Waals surface area contributed by atoms with Gasteiger partial charge in [-0.3, -0.25) is 38.9 Å². The van der Waals surface area contributed by atoms with Crippen molar-refractivity contribution in [1.82, 2.24) is 13.7 Å². The molecule has 21 nitrogen and oxygen atoms in total. The third-order valence-electron chi connectivity index (χ3n) is 13.8. The van der Waals surface area contributed by atoms with Crippen molar-refractivity contribution < 1.29 is 48.8 Å². The highest BCUT2D eigenvalue weighted by Crippen LogP contribution is 2.51.